The molecule has 1 saturated heterocycles. The molecular formula is C32H42N6O8S. The first-order valence-electron chi connectivity index (χ1n) is 15.3. The molecule has 1 aliphatic carbocycles. The molecule has 4 rings (SSSR count). The number of benzene rings is 1. The number of sulfonamides is 1. The minimum absolute atomic E-state index is 0.0151. The van der Waals surface area contributed by atoms with Crippen molar-refractivity contribution < 1.29 is 37.1 Å². The summed E-state index contributed by atoms with van der Waals surface area (Å²) in [6, 6.07) is 4.90. The molecule has 3 atom stereocenters. The van der Waals surface area contributed by atoms with E-state index in [0.717, 1.165) is 6.08 Å². The summed E-state index contributed by atoms with van der Waals surface area (Å²) in [4.78, 5) is 63.8. The number of carbonyl (C=O) groups is 4. The van der Waals surface area contributed by atoms with Crippen LogP contribution in [0, 0.1) is 5.41 Å². The second-order valence-corrected chi connectivity index (χ2v) is 15.6. The summed E-state index contributed by atoms with van der Waals surface area (Å²) in [5.41, 5.74) is -0.767. The van der Waals surface area contributed by atoms with Gasteiger partial charge in [-0.25, -0.2) is 27.9 Å². The molecule has 0 unspecified atom stereocenters. The first kappa shape index (κ1) is 35.3. The fraction of sp³-hybridized carbons (Fsp3) is 0.500. The molecule has 1 aromatic heterocycles. The van der Waals surface area contributed by atoms with Crippen molar-refractivity contribution in [2.45, 2.75) is 89.8 Å². The van der Waals surface area contributed by atoms with Gasteiger partial charge >= 0.3 is 6.09 Å². The summed E-state index contributed by atoms with van der Waals surface area (Å²) in [6.07, 6.45) is 3.14. The fourth-order valence-corrected chi connectivity index (χ4v) is 6.23. The summed E-state index contributed by atoms with van der Waals surface area (Å²) < 4.78 is 38.3. The van der Waals surface area contributed by atoms with Gasteiger partial charge in [0.2, 0.25) is 27.7 Å². The Labute approximate surface area is 274 Å². The van der Waals surface area contributed by atoms with Crippen molar-refractivity contribution >= 4 is 44.9 Å². The molecule has 2 heterocycles. The number of nitrogens with one attached hydrogen (secondary N) is 3. The second kappa shape index (κ2) is 13.7. The SMILES string of the molecule is C=C/C=C(/NC(=O)[C@@H]1C[C@@H](Oc2cnc3ccccc3n2)CN1C(=O)[C@@H](NC(=O)OC(C)(C)C)C(C)(C)C)C(=O)NS(=O)(=O)C1CC1. The van der Waals surface area contributed by atoms with Gasteiger partial charge in [0.25, 0.3) is 5.91 Å². The molecule has 2 aromatic rings. The summed E-state index contributed by atoms with van der Waals surface area (Å²) in [5.74, 6) is -2.22. The Bertz CT molecular complexity index is 1690. The van der Waals surface area contributed by atoms with Crippen molar-refractivity contribution in [1.29, 1.82) is 0 Å². The molecule has 1 aromatic carbocycles. The molecule has 14 nitrogen and oxygen atoms in total. The molecule has 2 fully saturated rings. The number of carbonyl (C=O) groups excluding carboxylic acids is 4. The average Bonchev–Trinajstić information content (AvgIpc) is 3.75. The number of ether oxygens (including phenoxy) is 2. The summed E-state index contributed by atoms with van der Waals surface area (Å²) in [7, 11) is -3.92. The van der Waals surface area contributed by atoms with E-state index in [9.17, 15) is 27.6 Å². The van der Waals surface area contributed by atoms with E-state index in [-0.39, 0.29) is 24.5 Å². The molecule has 0 radical (unpaired) electrons. The topological polar surface area (TPSA) is 186 Å². The van der Waals surface area contributed by atoms with E-state index in [1.807, 2.05) is 16.9 Å². The van der Waals surface area contributed by atoms with Crippen molar-refractivity contribution in [1.82, 2.24) is 30.2 Å². The highest BCUT2D eigenvalue weighted by Crippen LogP contribution is 2.29. The summed E-state index contributed by atoms with van der Waals surface area (Å²) in [6.45, 7) is 13.8. The van der Waals surface area contributed by atoms with Crippen molar-refractivity contribution in [3.63, 3.8) is 0 Å². The van der Waals surface area contributed by atoms with E-state index in [1.54, 1.807) is 53.7 Å². The van der Waals surface area contributed by atoms with Crippen LogP contribution < -0.4 is 20.1 Å². The van der Waals surface area contributed by atoms with Crippen molar-refractivity contribution in [2.75, 3.05) is 6.54 Å². The lowest BCUT2D eigenvalue weighted by Gasteiger charge is -2.35. The molecule has 4 amide bonds. The molecule has 0 bridgehead atoms. The van der Waals surface area contributed by atoms with E-state index in [2.05, 4.69) is 27.2 Å². The molecule has 0 spiro atoms. The Morgan fingerprint density at radius 3 is 2.32 bits per heavy atom. The number of rotatable bonds is 10. The average molecular weight is 671 g/mol. The van der Waals surface area contributed by atoms with E-state index < -0.39 is 68.3 Å². The van der Waals surface area contributed by atoms with Crippen LogP contribution in [-0.4, -0.2) is 82.7 Å². The number of amides is 4. The zero-order valence-electron chi connectivity index (χ0n) is 27.4. The van der Waals surface area contributed by atoms with Crippen LogP contribution in [0.2, 0.25) is 0 Å². The third kappa shape index (κ3) is 9.27. The normalized spacial score (nSPS) is 19.4. The van der Waals surface area contributed by atoms with Crippen LogP contribution in [0.5, 0.6) is 5.88 Å². The number of alkyl carbamates (subject to hydrolysis) is 1. The van der Waals surface area contributed by atoms with Crippen LogP contribution in [-0.2, 0) is 29.1 Å². The highest BCUT2D eigenvalue weighted by Gasteiger charge is 2.46. The summed E-state index contributed by atoms with van der Waals surface area (Å²) in [5, 5.41) is 4.45. The third-order valence-electron chi connectivity index (χ3n) is 7.32. The standard InChI is InChI=1S/C32H42N6O8S/c1-8-11-23(27(39)37-47(43,44)20-14-15-20)35-28(40)24-16-19(45-25-17-33-21-12-9-10-13-22(21)34-25)18-38(24)29(41)26(31(2,3)4)36-30(42)46-32(5,6)7/h8-13,17,19-20,24,26H,1,14-16,18H2,2-7H3,(H,35,40)(H,36,42)(H,37,39)/b23-11+/t19-,24+,26-/m1/s1. The van der Waals surface area contributed by atoms with Gasteiger partial charge in [-0.05, 0) is 57.2 Å². The predicted molar refractivity (Wildman–Crippen MR) is 173 cm³/mol. The molecule has 2 aliphatic rings. The number of fused-ring (bicyclic) bond motifs is 1. The first-order valence-corrected chi connectivity index (χ1v) is 16.8. The smallest absolute Gasteiger partial charge is 0.408 e. The molecule has 47 heavy (non-hydrogen) atoms. The number of nitrogens with zero attached hydrogens (tertiary/aromatic N) is 3. The van der Waals surface area contributed by atoms with Crippen LogP contribution >= 0.6 is 0 Å². The number of likely N-dealkylation sites (tertiary alicyclic amines) is 1. The van der Waals surface area contributed by atoms with Crippen LogP contribution in [0.25, 0.3) is 11.0 Å². The van der Waals surface area contributed by atoms with E-state index in [0.29, 0.717) is 23.9 Å². The lowest BCUT2D eigenvalue weighted by Crippen LogP contribution is -2.58. The predicted octanol–water partition coefficient (Wildman–Crippen LogP) is 2.71. The highest BCUT2D eigenvalue weighted by molar-refractivity contribution is 7.91. The summed E-state index contributed by atoms with van der Waals surface area (Å²) >= 11 is 0. The van der Waals surface area contributed by atoms with Gasteiger partial charge in [-0.15, -0.1) is 0 Å². The van der Waals surface area contributed by atoms with Gasteiger partial charge in [0.05, 0.1) is 29.0 Å². The lowest BCUT2D eigenvalue weighted by atomic mass is 9.85. The maximum atomic E-state index is 14.2. The van der Waals surface area contributed by atoms with Crippen LogP contribution in [0.15, 0.2) is 54.9 Å². The van der Waals surface area contributed by atoms with Crippen LogP contribution in [0.1, 0.15) is 60.8 Å². The van der Waals surface area contributed by atoms with Gasteiger partial charge in [0, 0.05) is 6.42 Å². The second-order valence-electron chi connectivity index (χ2n) is 13.6. The maximum absolute atomic E-state index is 14.2. The molecule has 3 N–H and O–H groups in total. The van der Waals surface area contributed by atoms with Crippen LogP contribution in [0.4, 0.5) is 4.79 Å². The number of hydrogen-bond donors (Lipinski definition) is 3. The van der Waals surface area contributed by atoms with E-state index >= 15 is 0 Å². The zero-order chi connectivity index (χ0) is 34.7. The zero-order valence-corrected chi connectivity index (χ0v) is 28.2. The largest absolute Gasteiger partial charge is 0.471 e. The van der Waals surface area contributed by atoms with Crippen molar-refractivity contribution in [3.8, 4) is 5.88 Å². The minimum atomic E-state index is -3.92. The Kier molecular flexibility index (Phi) is 10.3. The van der Waals surface area contributed by atoms with E-state index in [4.69, 9.17) is 9.47 Å². The fourth-order valence-electron chi connectivity index (χ4n) is 4.94. The molecule has 254 valence electrons. The van der Waals surface area contributed by atoms with Gasteiger partial charge in [-0.3, -0.25) is 14.4 Å². The number of hydrogen-bond acceptors (Lipinski definition) is 10. The van der Waals surface area contributed by atoms with Gasteiger partial charge in [-0.2, -0.15) is 0 Å². The molecule has 1 aliphatic heterocycles. The molecule has 1 saturated carbocycles. The van der Waals surface area contributed by atoms with E-state index in [1.165, 1.54) is 17.2 Å². The Balaban J connectivity index is 1.61. The quantitative estimate of drug-likeness (QED) is 0.251. The molecular weight excluding hydrogens is 628 g/mol. The van der Waals surface area contributed by atoms with Gasteiger partial charge in [0.1, 0.15) is 29.5 Å². The van der Waals surface area contributed by atoms with Crippen molar-refractivity contribution in [3.05, 3.63) is 54.9 Å². The molecule has 15 heteroatoms. The van der Waals surface area contributed by atoms with Gasteiger partial charge in [-0.1, -0.05) is 45.6 Å². The number of aromatic nitrogens is 2. The third-order valence-corrected chi connectivity index (χ3v) is 9.14. The Morgan fingerprint density at radius 2 is 1.72 bits per heavy atom. The van der Waals surface area contributed by atoms with Gasteiger partial charge in [0.15, 0.2) is 0 Å². The first-order chi connectivity index (χ1) is 21.9. The number of para-hydroxylation sites is 2. The lowest BCUT2D eigenvalue weighted by molar-refractivity contribution is -0.142. The maximum Gasteiger partial charge on any atom is 0.408 e. The highest BCUT2D eigenvalue weighted by atomic mass is 32.2. The van der Waals surface area contributed by atoms with Crippen molar-refractivity contribution in [2.24, 2.45) is 5.41 Å². The monoisotopic (exact) mass is 670 g/mol. The minimum Gasteiger partial charge on any atom is -0.471 e. The van der Waals surface area contributed by atoms with Crippen LogP contribution in [0.3, 0.4) is 0 Å². The Hall–Kier alpha value is -4.53. The Morgan fingerprint density at radius 1 is 1.06 bits per heavy atom. The number of allylic oxidation sites excluding steroid dienone is 2. The van der Waals surface area contributed by atoms with Gasteiger partial charge < -0.3 is 25.0 Å².